The summed E-state index contributed by atoms with van der Waals surface area (Å²) >= 11 is 0. The Balaban J connectivity index is 0. The van der Waals surface area contributed by atoms with Crippen LogP contribution in [0, 0.1) is 0 Å². The van der Waals surface area contributed by atoms with Gasteiger partial charge in [0.15, 0.2) is 8.32 Å². The fourth-order valence-corrected chi connectivity index (χ4v) is 2.24. The quantitative estimate of drug-likeness (QED) is 0.622. The molecular formula is C15H29N3O3Si. The number of fused-ring (bicyclic) bond motifs is 1. The molecule has 1 aromatic heterocycles. The van der Waals surface area contributed by atoms with Crippen molar-refractivity contribution in [3.05, 3.63) is 24.3 Å². The molecule has 0 N–H and O–H groups in total. The third kappa shape index (κ3) is 5.95. The first kappa shape index (κ1) is 22.5. The van der Waals surface area contributed by atoms with Crippen molar-refractivity contribution in [2.24, 2.45) is 0 Å². The molecule has 0 atom stereocenters. The molecule has 1 aromatic carbocycles. The van der Waals surface area contributed by atoms with Crippen LogP contribution in [0.2, 0.25) is 19.6 Å². The van der Waals surface area contributed by atoms with Gasteiger partial charge in [0, 0.05) is 0 Å². The van der Waals surface area contributed by atoms with E-state index in [0.717, 1.165) is 4.68 Å². The summed E-state index contributed by atoms with van der Waals surface area (Å²) in [5, 5.41) is 7.68. The first-order chi connectivity index (χ1) is 8.97. The first-order valence-corrected chi connectivity index (χ1v) is 9.50. The molecule has 0 aliphatic heterocycles. The van der Waals surface area contributed by atoms with Crippen molar-refractivity contribution in [1.29, 1.82) is 0 Å². The van der Waals surface area contributed by atoms with Gasteiger partial charge >= 0.3 is 6.09 Å². The minimum absolute atomic E-state index is 0. The lowest BCUT2D eigenvalue weighted by Crippen LogP contribution is -2.28. The van der Waals surface area contributed by atoms with Gasteiger partial charge in [-0.25, -0.2) is 4.79 Å². The van der Waals surface area contributed by atoms with E-state index in [9.17, 15) is 4.79 Å². The van der Waals surface area contributed by atoms with Crippen molar-refractivity contribution in [3.8, 4) is 0 Å². The molecule has 0 saturated heterocycles. The highest BCUT2D eigenvalue weighted by molar-refractivity contribution is 6.69. The van der Waals surface area contributed by atoms with Gasteiger partial charge in [0.2, 0.25) is 0 Å². The molecule has 7 heteroatoms. The molecule has 0 radical (unpaired) electrons. The highest BCUT2D eigenvalue weighted by Crippen LogP contribution is 2.10. The van der Waals surface area contributed by atoms with Crippen molar-refractivity contribution in [2.45, 2.75) is 41.9 Å². The average molecular weight is 328 g/mol. The summed E-state index contributed by atoms with van der Waals surface area (Å²) in [4.78, 5) is 11.8. The maximum atomic E-state index is 11.8. The van der Waals surface area contributed by atoms with E-state index in [0.29, 0.717) is 17.6 Å². The van der Waals surface area contributed by atoms with Crippen molar-refractivity contribution < 1.29 is 14.0 Å². The second-order valence-electron chi connectivity index (χ2n) is 5.07. The summed E-state index contributed by atoms with van der Waals surface area (Å²) in [7, 11) is -1.57. The third-order valence-electron chi connectivity index (χ3n) is 2.37. The number of carbonyl (C=O) groups excluding carboxylic acids is 1. The zero-order valence-corrected chi connectivity index (χ0v) is 12.3. The van der Waals surface area contributed by atoms with Gasteiger partial charge < -0.3 is 9.16 Å². The van der Waals surface area contributed by atoms with Gasteiger partial charge in [0.05, 0.1) is 6.61 Å². The van der Waals surface area contributed by atoms with Gasteiger partial charge in [-0.15, -0.1) is 9.78 Å². The molecule has 126 valence electrons. The fraction of sp³-hybridized carbons (Fsp3) is 0.533. The van der Waals surface area contributed by atoms with Crippen LogP contribution in [0.1, 0.15) is 22.3 Å². The monoisotopic (exact) mass is 327 g/mol. The van der Waals surface area contributed by atoms with E-state index in [2.05, 4.69) is 30.0 Å². The van der Waals surface area contributed by atoms with Crippen LogP contribution in [0.5, 0.6) is 0 Å². The zero-order valence-electron chi connectivity index (χ0n) is 11.3. The second-order valence-corrected chi connectivity index (χ2v) is 9.58. The Bertz CT molecular complexity index is 579. The molecule has 0 saturated carbocycles. The minimum Gasteiger partial charge on any atom is -0.445 e. The smallest absolute Gasteiger partial charge is 0.436 e. The van der Waals surface area contributed by atoms with Gasteiger partial charge in [-0.2, -0.15) is 0 Å². The van der Waals surface area contributed by atoms with Crippen molar-refractivity contribution in [3.63, 3.8) is 0 Å². The Morgan fingerprint density at radius 2 is 1.77 bits per heavy atom. The number of para-hydroxylation sites is 1. The first-order valence-electron chi connectivity index (χ1n) is 6.09. The van der Waals surface area contributed by atoms with Crippen LogP contribution < -0.4 is 0 Å². The van der Waals surface area contributed by atoms with Crippen molar-refractivity contribution in [1.82, 2.24) is 15.0 Å². The second kappa shape index (κ2) is 9.32. The van der Waals surface area contributed by atoms with E-state index >= 15 is 0 Å². The Hall–Kier alpha value is -1.73. The summed E-state index contributed by atoms with van der Waals surface area (Å²) in [5.74, 6) is 0. The molecule has 0 fully saturated rings. The fourth-order valence-electron chi connectivity index (χ4n) is 1.54. The summed E-state index contributed by atoms with van der Waals surface area (Å²) < 4.78 is 11.9. The maximum absolute atomic E-state index is 11.8. The SMILES string of the molecule is C.C.C.C[Si](C)(C)OCCOC(=O)n1nnc2ccccc21. The lowest BCUT2D eigenvalue weighted by atomic mass is 10.3. The number of hydrogen-bond donors (Lipinski definition) is 0. The largest absolute Gasteiger partial charge is 0.445 e. The molecule has 6 nitrogen and oxygen atoms in total. The number of aromatic nitrogens is 3. The third-order valence-corrected chi connectivity index (χ3v) is 3.44. The topological polar surface area (TPSA) is 66.2 Å². The number of rotatable bonds is 4. The predicted octanol–water partition coefficient (Wildman–Crippen LogP) is 4.18. The molecule has 0 unspecified atom stereocenters. The lowest BCUT2D eigenvalue weighted by Gasteiger charge is -2.16. The Kier molecular flexibility index (Phi) is 9.55. The molecule has 22 heavy (non-hydrogen) atoms. The average Bonchev–Trinajstić information content (AvgIpc) is 2.77. The summed E-state index contributed by atoms with van der Waals surface area (Å²) in [6.45, 7) is 6.88. The molecule has 0 aliphatic carbocycles. The van der Waals surface area contributed by atoms with Gasteiger partial charge in [-0.3, -0.25) is 0 Å². The Morgan fingerprint density at radius 1 is 1.14 bits per heavy atom. The summed E-state index contributed by atoms with van der Waals surface area (Å²) in [5.41, 5.74) is 1.30. The molecule has 2 rings (SSSR count). The minimum atomic E-state index is -1.57. The van der Waals surface area contributed by atoms with Crippen LogP contribution in [0.25, 0.3) is 11.0 Å². The normalized spacial score (nSPS) is 10.1. The van der Waals surface area contributed by atoms with Gasteiger partial charge in [0.1, 0.15) is 17.6 Å². The van der Waals surface area contributed by atoms with E-state index in [4.69, 9.17) is 9.16 Å². The molecular weight excluding hydrogens is 298 g/mol. The van der Waals surface area contributed by atoms with E-state index in [1.54, 1.807) is 12.1 Å². The predicted molar refractivity (Wildman–Crippen MR) is 93.8 cm³/mol. The van der Waals surface area contributed by atoms with E-state index in [1.807, 2.05) is 12.1 Å². The number of benzene rings is 1. The molecule has 0 aliphatic rings. The molecule has 0 spiro atoms. The lowest BCUT2D eigenvalue weighted by molar-refractivity contribution is 0.122. The van der Waals surface area contributed by atoms with Crippen LogP contribution in [0.3, 0.4) is 0 Å². The van der Waals surface area contributed by atoms with E-state index in [1.165, 1.54) is 0 Å². The molecule has 0 bridgehead atoms. The van der Waals surface area contributed by atoms with Crippen LogP contribution in [0.15, 0.2) is 24.3 Å². The summed E-state index contributed by atoms with van der Waals surface area (Å²) in [6.07, 6.45) is -0.534. The number of carbonyl (C=O) groups is 1. The van der Waals surface area contributed by atoms with Gasteiger partial charge in [0.25, 0.3) is 0 Å². The maximum Gasteiger partial charge on any atom is 0.436 e. The highest BCUT2D eigenvalue weighted by Gasteiger charge is 2.15. The van der Waals surface area contributed by atoms with E-state index < -0.39 is 14.4 Å². The number of hydrogen-bond acceptors (Lipinski definition) is 5. The van der Waals surface area contributed by atoms with Crippen LogP contribution in [0.4, 0.5) is 4.79 Å². The van der Waals surface area contributed by atoms with Crippen molar-refractivity contribution >= 4 is 25.4 Å². The molecule has 1 heterocycles. The zero-order chi connectivity index (χ0) is 13.9. The van der Waals surface area contributed by atoms with E-state index in [-0.39, 0.29) is 28.9 Å². The van der Waals surface area contributed by atoms with Crippen LogP contribution in [-0.4, -0.2) is 42.6 Å². The molecule has 2 aromatic rings. The van der Waals surface area contributed by atoms with Crippen LogP contribution in [-0.2, 0) is 9.16 Å². The van der Waals surface area contributed by atoms with Crippen LogP contribution >= 0.6 is 0 Å². The Labute approximate surface area is 134 Å². The van der Waals surface area contributed by atoms with Crippen molar-refractivity contribution in [2.75, 3.05) is 13.2 Å². The number of nitrogens with zero attached hydrogens (tertiary/aromatic N) is 3. The highest BCUT2D eigenvalue weighted by atomic mass is 28.4. The summed E-state index contributed by atoms with van der Waals surface area (Å²) in [6, 6.07) is 7.23. The number of ether oxygens (including phenoxy) is 1. The standard InChI is InChI=1S/C12H17N3O3Si.3CH4/c1-19(2,3)18-9-8-17-12(16)15-11-7-5-4-6-10(11)13-14-15;;;/h4-7H,8-9H2,1-3H3;3*1H4. The van der Waals surface area contributed by atoms with Gasteiger partial charge in [-0.1, -0.05) is 39.6 Å². The van der Waals surface area contributed by atoms with Gasteiger partial charge in [-0.05, 0) is 31.8 Å². The Morgan fingerprint density at radius 3 is 2.41 bits per heavy atom. The molecule has 0 amide bonds.